The number of piperidine rings is 1. The maximum atomic E-state index is 5.80. The molecule has 0 bridgehead atoms. The molecule has 0 N–H and O–H groups in total. The smallest absolute Gasteiger partial charge is 0.230 e. The van der Waals surface area contributed by atoms with Crippen molar-refractivity contribution in [2.45, 2.75) is 64.8 Å². The lowest BCUT2D eigenvalue weighted by Gasteiger charge is -2.32. The quantitative estimate of drug-likeness (QED) is 0.800. The number of anilines is 1. The Kier molecular flexibility index (Phi) is 5.38. The van der Waals surface area contributed by atoms with Crippen LogP contribution in [0.25, 0.3) is 0 Å². The second-order valence-electron chi connectivity index (χ2n) is 8.16. The Morgan fingerprint density at radius 2 is 1.93 bits per heavy atom. The van der Waals surface area contributed by atoms with Crippen LogP contribution in [0.1, 0.15) is 74.7 Å². The van der Waals surface area contributed by atoms with Gasteiger partial charge in [0.25, 0.3) is 0 Å². The van der Waals surface area contributed by atoms with Crippen LogP contribution in [0.4, 0.5) is 5.82 Å². The fourth-order valence-corrected chi connectivity index (χ4v) is 4.09. The van der Waals surface area contributed by atoms with Gasteiger partial charge in [0.05, 0.1) is 12.2 Å². The molecule has 7 nitrogen and oxygen atoms in total. The van der Waals surface area contributed by atoms with Crippen molar-refractivity contribution in [3.05, 3.63) is 29.4 Å². The van der Waals surface area contributed by atoms with E-state index in [0.29, 0.717) is 5.92 Å². The van der Waals surface area contributed by atoms with E-state index >= 15 is 0 Å². The minimum atomic E-state index is 0.272. The van der Waals surface area contributed by atoms with Gasteiger partial charge in [0.1, 0.15) is 11.6 Å². The summed E-state index contributed by atoms with van der Waals surface area (Å²) in [5.41, 5.74) is 1.18. The number of nitrogens with zero attached hydrogens (tertiary/aromatic N) is 6. The molecular weight excluding hydrogens is 340 g/mol. The first kappa shape index (κ1) is 18.3. The lowest BCUT2D eigenvalue weighted by Crippen LogP contribution is -2.34. The number of hydrogen-bond donors (Lipinski definition) is 0. The van der Waals surface area contributed by atoms with Crippen molar-refractivity contribution in [2.24, 2.45) is 0 Å². The average molecular weight is 371 g/mol. The highest BCUT2D eigenvalue weighted by Crippen LogP contribution is 2.29. The molecule has 0 radical (unpaired) electrons. The molecule has 2 fully saturated rings. The molecule has 2 aromatic heterocycles. The van der Waals surface area contributed by atoms with Gasteiger partial charge >= 0.3 is 0 Å². The van der Waals surface area contributed by atoms with Gasteiger partial charge in [-0.05, 0) is 39.2 Å². The van der Waals surface area contributed by atoms with Crippen LogP contribution in [-0.4, -0.2) is 51.2 Å². The fraction of sp³-hybridized carbons (Fsp3) is 0.700. The van der Waals surface area contributed by atoms with Gasteiger partial charge in [-0.25, -0.2) is 9.97 Å². The van der Waals surface area contributed by atoms with E-state index in [1.165, 1.54) is 25.0 Å². The van der Waals surface area contributed by atoms with Gasteiger partial charge in [-0.15, -0.1) is 10.2 Å². The van der Waals surface area contributed by atoms with E-state index in [9.17, 15) is 0 Å². The van der Waals surface area contributed by atoms with Crippen molar-refractivity contribution in [3.8, 4) is 0 Å². The Balaban J connectivity index is 1.46. The van der Waals surface area contributed by atoms with Gasteiger partial charge in [0.15, 0.2) is 0 Å². The molecule has 2 saturated heterocycles. The summed E-state index contributed by atoms with van der Waals surface area (Å²) in [6, 6.07) is 2.22. The maximum Gasteiger partial charge on any atom is 0.230 e. The Morgan fingerprint density at radius 1 is 1.11 bits per heavy atom. The lowest BCUT2D eigenvalue weighted by molar-refractivity contribution is 0.180. The molecular formula is C20H30N6O. The molecule has 2 aliphatic rings. The second kappa shape index (κ2) is 7.92. The summed E-state index contributed by atoms with van der Waals surface area (Å²) in [6.07, 6.45) is 4.86. The van der Waals surface area contributed by atoms with E-state index in [1.54, 1.807) is 0 Å². The topological polar surface area (TPSA) is 71.2 Å². The molecule has 146 valence electrons. The van der Waals surface area contributed by atoms with E-state index in [4.69, 9.17) is 9.40 Å². The summed E-state index contributed by atoms with van der Waals surface area (Å²) in [5.74, 6) is 4.13. The normalized spacial score (nSPS) is 21.3. The van der Waals surface area contributed by atoms with Crippen LogP contribution in [0.2, 0.25) is 0 Å². The van der Waals surface area contributed by atoms with Gasteiger partial charge in [-0.3, -0.25) is 4.90 Å². The fourth-order valence-electron chi connectivity index (χ4n) is 4.09. The van der Waals surface area contributed by atoms with Crippen LogP contribution in [0.15, 0.2) is 10.5 Å². The van der Waals surface area contributed by atoms with E-state index in [2.05, 4.69) is 44.9 Å². The van der Waals surface area contributed by atoms with Crippen LogP contribution in [0.5, 0.6) is 0 Å². The molecule has 0 spiro atoms. The van der Waals surface area contributed by atoms with Gasteiger partial charge in [0.2, 0.25) is 11.8 Å². The third-order valence-corrected chi connectivity index (χ3v) is 5.53. The van der Waals surface area contributed by atoms with Gasteiger partial charge in [0, 0.05) is 37.5 Å². The van der Waals surface area contributed by atoms with E-state index in [1.807, 2.05) is 6.92 Å². The molecule has 4 heterocycles. The number of aromatic nitrogens is 4. The standard InChI is InChI=1S/C20H30N6O/c1-14(2)20-24-23-19(27-20)13-25-8-6-7-16(12-25)17-11-18(22-15(3)21-17)26-9-4-5-10-26/h11,14,16H,4-10,12-13H2,1-3H3. The summed E-state index contributed by atoms with van der Waals surface area (Å²) < 4.78 is 5.80. The molecule has 27 heavy (non-hydrogen) atoms. The number of aryl methyl sites for hydroxylation is 1. The molecule has 2 aromatic rings. The van der Waals surface area contributed by atoms with Crippen LogP contribution >= 0.6 is 0 Å². The third-order valence-electron chi connectivity index (χ3n) is 5.53. The Bertz CT molecular complexity index is 768. The van der Waals surface area contributed by atoms with Gasteiger partial charge in [-0.2, -0.15) is 0 Å². The molecule has 1 atom stereocenters. The summed E-state index contributed by atoms with van der Waals surface area (Å²) in [5, 5.41) is 8.38. The lowest BCUT2D eigenvalue weighted by atomic mass is 9.94. The molecule has 2 aliphatic heterocycles. The number of likely N-dealkylation sites (tertiary alicyclic amines) is 1. The number of rotatable bonds is 5. The molecule has 0 saturated carbocycles. The van der Waals surface area contributed by atoms with Crippen molar-refractivity contribution in [3.63, 3.8) is 0 Å². The predicted octanol–water partition coefficient (Wildman–Crippen LogP) is 3.27. The van der Waals surface area contributed by atoms with E-state index < -0.39 is 0 Å². The van der Waals surface area contributed by atoms with Crippen molar-refractivity contribution in [1.29, 1.82) is 0 Å². The van der Waals surface area contributed by atoms with Crippen molar-refractivity contribution in [1.82, 2.24) is 25.1 Å². The van der Waals surface area contributed by atoms with Crippen molar-refractivity contribution in [2.75, 3.05) is 31.1 Å². The minimum Gasteiger partial charge on any atom is -0.424 e. The van der Waals surface area contributed by atoms with Crippen LogP contribution in [0, 0.1) is 6.92 Å². The average Bonchev–Trinajstić information content (AvgIpc) is 3.33. The maximum absolute atomic E-state index is 5.80. The Labute approximate surface area is 161 Å². The van der Waals surface area contributed by atoms with Crippen LogP contribution < -0.4 is 4.90 Å². The molecule has 0 aliphatic carbocycles. The molecule has 0 aromatic carbocycles. The first-order chi connectivity index (χ1) is 13.1. The highest BCUT2D eigenvalue weighted by atomic mass is 16.4. The highest BCUT2D eigenvalue weighted by molar-refractivity contribution is 5.41. The van der Waals surface area contributed by atoms with E-state index in [-0.39, 0.29) is 5.92 Å². The summed E-state index contributed by atoms with van der Waals surface area (Å²) in [6.45, 7) is 11.2. The molecule has 1 unspecified atom stereocenters. The second-order valence-corrected chi connectivity index (χ2v) is 8.16. The van der Waals surface area contributed by atoms with Crippen molar-refractivity contribution < 1.29 is 4.42 Å². The first-order valence-electron chi connectivity index (χ1n) is 10.2. The monoisotopic (exact) mass is 370 g/mol. The van der Waals surface area contributed by atoms with Gasteiger partial charge in [-0.1, -0.05) is 13.8 Å². The molecule has 0 amide bonds. The minimum absolute atomic E-state index is 0.272. The van der Waals surface area contributed by atoms with E-state index in [0.717, 1.165) is 62.6 Å². The molecule has 4 rings (SSSR count). The zero-order valence-corrected chi connectivity index (χ0v) is 16.7. The third kappa shape index (κ3) is 4.29. The Hall–Kier alpha value is -2.02. The molecule has 7 heteroatoms. The zero-order valence-electron chi connectivity index (χ0n) is 16.7. The van der Waals surface area contributed by atoms with Crippen LogP contribution in [-0.2, 0) is 6.54 Å². The predicted molar refractivity (Wildman–Crippen MR) is 104 cm³/mol. The van der Waals surface area contributed by atoms with Crippen LogP contribution in [0.3, 0.4) is 0 Å². The summed E-state index contributed by atoms with van der Waals surface area (Å²) in [4.78, 5) is 14.3. The summed E-state index contributed by atoms with van der Waals surface area (Å²) >= 11 is 0. The Morgan fingerprint density at radius 3 is 2.67 bits per heavy atom. The SMILES string of the molecule is Cc1nc(C2CCCN(Cc3nnc(C(C)C)o3)C2)cc(N2CCCC2)n1. The zero-order chi connectivity index (χ0) is 18.8. The highest BCUT2D eigenvalue weighted by Gasteiger charge is 2.25. The van der Waals surface area contributed by atoms with Gasteiger partial charge < -0.3 is 9.32 Å². The largest absolute Gasteiger partial charge is 0.424 e. The van der Waals surface area contributed by atoms with Crippen molar-refractivity contribution >= 4 is 5.82 Å². The number of hydrogen-bond acceptors (Lipinski definition) is 7. The first-order valence-corrected chi connectivity index (χ1v) is 10.2. The summed E-state index contributed by atoms with van der Waals surface area (Å²) in [7, 11) is 0.